The van der Waals surface area contributed by atoms with Crippen molar-refractivity contribution >= 4 is 23.4 Å². The van der Waals surface area contributed by atoms with Gasteiger partial charge in [-0.15, -0.1) is 0 Å². The second kappa shape index (κ2) is 8.26. The van der Waals surface area contributed by atoms with E-state index in [2.05, 4.69) is 24.4 Å². The third-order valence-electron chi connectivity index (χ3n) is 4.12. The Bertz CT molecular complexity index is 962. The van der Waals surface area contributed by atoms with E-state index in [0.717, 1.165) is 23.1 Å². The van der Waals surface area contributed by atoms with Crippen LogP contribution in [-0.2, 0) is 4.79 Å². The van der Waals surface area contributed by atoms with Crippen molar-refractivity contribution in [2.45, 2.75) is 37.0 Å². The van der Waals surface area contributed by atoms with Crippen LogP contribution in [0.1, 0.15) is 32.3 Å². The maximum Gasteiger partial charge on any atom is 0.442 e. The number of amides is 1. The Morgan fingerprint density at radius 1 is 1.07 bits per heavy atom. The Hall–Kier alpha value is -2.80. The Balaban J connectivity index is 1.72. The van der Waals surface area contributed by atoms with Gasteiger partial charge >= 0.3 is 10.7 Å². The molecule has 3 aromatic rings. The third kappa shape index (κ3) is 4.49. The summed E-state index contributed by atoms with van der Waals surface area (Å²) in [5.74, 6) is 0.253. The van der Waals surface area contributed by atoms with Gasteiger partial charge in [-0.25, -0.2) is 4.79 Å². The smallest absolute Gasteiger partial charge is 0.325 e. The van der Waals surface area contributed by atoms with Crippen LogP contribution in [0.5, 0.6) is 0 Å². The number of nitrogens with one attached hydrogen (secondary N) is 2. The lowest BCUT2D eigenvalue weighted by molar-refractivity contribution is -0.704. The number of H-pyrrole nitrogens is 1. The van der Waals surface area contributed by atoms with Crippen molar-refractivity contribution < 1.29 is 14.0 Å². The predicted molar refractivity (Wildman–Crippen MR) is 105 cm³/mol. The number of benzene rings is 2. The number of aromatic nitrogens is 2. The fourth-order valence-corrected chi connectivity index (χ4v) is 3.41. The number of aromatic amines is 1. The summed E-state index contributed by atoms with van der Waals surface area (Å²) in [5, 5.41) is 5.30. The minimum Gasteiger partial charge on any atom is -0.325 e. The standard InChI is InChI=1S/C20H21N3O3S/c1-13(2)15-9-11-16(12-10-15)21-18(24)14(3)27-19-20(25)26-22-23(19)17-7-5-4-6-8-17/h4-14H,1-3H3,(H-,21,22,24,25)/p+1. The molecular formula is C20H22N3O3S+. The maximum absolute atomic E-state index is 12.5. The van der Waals surface area contributed by atoms with E-state index in [1.165, 1.54) is 10.2 Å². The first-order valence-electron chi connectivity index (χ1n) is 8.72. The number of hydrogen-bond donors (Lipinski definition) is 2. The van der Waals surface area contributed by atoms with E-state index < -0.39 is 10.9 Å². The highest BCUT2D eigenvalue weighted by molar-refractivity contribution is 8.00. The van der Waals surface area contributed by atoms with Gasteiger partial charge in [-0.05, 0) is 52.3 Å². The summed E-state index contributed by atoms with van der Waals surface area (Å²) in [7, 11) is 0. The molecule has 1 unspecified atom stereocenters. The number of anilines is 1. The van der Waals surface area contributed by atoms with Gasteiger partial charge in [0.25, 0.3) is 0 Å². The monoisotopic (exact) mass is 384 g/mol. The molecule has 0 bridgehead atoms. The van der Waals surface area contributed by atoms with Crippen molar-refractivity contribution in [1.82, 2.24) is 5.27 Å². The number of para-hydroxylation sites is 1. The fraction of sp³-hybridized carbons (Fsp3) is 0.250. The van der Waals surface area contributed by atoms with Gasteiger partial charge in [-0.3, -0.25) is 9.32 Å². The minimum atomic E-state index is -0.509. The number of thioether (sulfide) groups is 1. The zero-order valence-electron chi connectivity index (χ0n) is 15.4. The molecule has 2 aromatic carbocycles. The van der Waals surface area contributed by atoms with E-state index in [4.69, 9.17) is 4.52 Å². The summed E-state index contributed by atoms with van der Waals surface area (Å²) in [4.78, 5) is 24.6. The van der Waals surface area contributed by atoms with E-state index >= 15 is 0 Å². The number of rotatable bonds is 6. The van der Waals surface area contributed by atoms with Crippen LogP contribution in [0.4, 0.5) is 5.69 Å². The Morgan fingerprint density at radius 3 is 2.37 bits per heavy atom. The van der Waals surface area contributed by atoms with Crippen molar-refractivity contribution in [1.29, 1.82) is 0 Å². The van der Waals surface area contributed by atoms with Gasteiger partial charge in [-0.1, -0.05) is 44.2 Å². The summed E-state index contributed by atoms with van der Waals surface area (Å²) in [6.45, 7) is 6.00. The maximum atomic E-state index is 12.5. The summed E-state index contributed by atoms with van der Waals surface area (Å²) in [6.07, 6.45) is 0. The first-order chi connectivity index (χ1) is 13.0. The number of carbonyl (C=O) groups excluding carboxylic acids is 1. The van der Waals surface area contributed by atoms with Crippen molar-refractivity contribution in [3.63, 3.8) is 0 Å². The van der Waals surface area contributed by atoms with Gasteiger partial charge in [0.1, 0.15) is 0 Å². The Kier molecular flexibility index (Phi) is 5.81. The summed E-state index contributed by atoms with van der Waals surface area (Å²) in [6, 6.07) is 17.1. The fourth-order valence-electron chi connectivity index (χ4n) is 2.53. The van der Waals surface area contributed by atoms with Gasteiger partial charge < -0.3 is 5.32 Å². The molecule has 3 rings (SSSR count). The predicted octanol–water partition coefficient (Wildman–Crippen LogP) is 3.49. The van der Waals surface area contributed by atoms with Crippen LogP contribution >= 0.6 is 11.8 Å². The van der Waals surface area contributed by atoms with Gasteiger partial charge in [0.05, 0.1) is 5.25 Å². The Morgan fingerprint density at radius 2 is 1.74 bits per heavy atom. The largest absolute Gasteiger partial charge is 0.442 e. The quantitative estimate of drug-likeness (QED) is 0.504. The molecule has 0 fully saturated rings. The first kappa shape index (κ1) is 19.0. The van der Waals surface area contributed by atoms with Gasteiger partial charge in [-0.2, -0.15) is 0 Å². The lowest BCUT2D eigenvalue weighted by Crippen LogP contribution is -2.37. The van der Waals surface area contributed by atoms with Gasteiger partial charge in [0.15, 0.2) is 0 Å². The first-order valence-corrected chi connectivity index (χ1v) is 9.60. The Labute approximate surface area is 161 Å². The van der Waals surface area contributed by atoms with Crippen molar-refractivity contribution in [3.05, 3.63) is 70.6 Å². The topological polar surface area (TPSA) is 79.0 Å². The molecule has 0 saturated heterocycles. The summed E-state index contributed by atoms with van der Waals surface area (Å²) in [5.41, 5.74) is 2.19. The highest BCUT2D eigenvalue weighted by atomic mass is 32.2. The third-order valence-corrected chi connectivity index (χ3v) is 5.26. The number of nitrogens with zero attached hydrogens (tertiary/aromatic N) is 1. The second-order valence-electron chi connectivity index (χ2n) is 6.48. The van der Waals surface area contributed by atoms with E-state index in [-0.39, 0.29) is 5.91 Å². The van der Waals surface area contributed by atoms with Crippen LogP contribution in [0, 0.1) is 0 Å². The second-order valence-corrected chi connectivity index (χ2v) is 7.81. The van der Waals surface area contributed by atoms with Crippen LogP contribution in [0.25, 0.3) is 5.69 Å². The molecule has 27 heavy (non-hydrogen) atoms. The lowest BCUT2D eigenvalue weighted by atomic mass is 10.0. The molecule has 0 saturated carbocycles. The molecule has 7 heteroatoms. The van der Waals surface area contributed by atoms with E-state index in [9.17, 15) is 9.59 Å². The molecule has 140 valence electrons. The van der Waals surface area contributed by atoms with Gasteiger partial charge in [0.2, 0.25) is 11.6 Å². The number of carbonyl (C=O) groups is 1. The molecule has 0 aliphatic carbocycles. The van der Waals surface area contributed by atoms with E-state index in [1.807, 2.05) is 54.6 Å². The molecular weight excluding hydrogens is 362 g/mol. The molecule has 0 spiro atoms. The van der Waals surface area contributed by atoms with Crippen molar-refractivity contribution in [3.8, 4) is 5.69 Å². The summed E-state index contributed by atoms with van der Waals surface area (Å²) < 4.78 is 6.45. The molecule has 1 aromatic heterocycles. The number of hydrogen-bond acceptors (Lipinski definition) is 4. The van der Waals surface area contributed by atoms with Crippen LogP contribution in [0.15, 0.2) is 68.9 Å². The van der Waals surface area contributed by atoms with Crippen LogP contribution in [0.3, 0.4) is 0 Å². The van der Waals surface area contributed by atoms with Crippen molar-refractivity contribution in [2.75, 3.05) is 5.32 Å². The highest BCUT2D eigenvalue weighted by Gasteiger charge is 2.28. The molecule has 0 radical (unpaired) electrons. The molecule has 1 amide bonds. The lowest BCUT2D eigenvalue weighted by Gasteiger charge is -2.11. The van der Waals surface area contributed by atoms with Crippen LogP contribution < -0.4 is 15.6 Å². The van der Waals surface area contributed by atoms with Crippen LogP contribution in [0.2, 0.25) is 0 Å². The molecule has 0 aliphatic rings. The molecule has 0 aliphatic heterocycles. The minimum absolute atomic E-state index is 0.183. The van der Waals surface area contributed by atoms with E-state index in [1.54, 1.807) is 6.92 Å². The zero-order chi connectivity index (χ0) is 19.4. The average Bonchev–Trinajstić information content (AvgIpc) is 3.03. The summed E-state index contributed by atoms with van der Waals surface area (Å²) >= 11 is 1.15. The normalized spacial score (nSPS) is 12.1. The van der Waals surface area contributed by atoms with Gasteiger partial charge in [0, 0.05) is 17.8 Å². The van der Waals surface area contributed by atoms with Crippen LogP contribution in [-0.4, -0.2) is 16.4 Å². The molecule has 6 nitrogen and oxygen atoms in total. The average molecular weight is 384 g/mol. The molecule has 1 atom stereocenters. The zero-order valence-corrected chi connectivity index (χ0v) is 16.2. The SMILES string of the molecule is CC(Sc1c(=O)o[nH][n+]1-c1ccccc1)C(=O)Nc1ccc(C(C)C)cc1. The highest BCUT2D eigenvalue weighted by Crippen LogP contribution is 2.21. The molecule has 2 N–H and O–H groups in total. The van der Waals surface area contributed by atoms with Crippen molar-refractivity contribution in [2.24, 2.45) is 0 Å². The van der Waals surface area contributed by atoms with E-state index in [0.29, 0.717) is 10.9 Å². The molecule has 1 heterocycles.